The topological polar surface area (TPSA) is 41.3 Å². The molecule has 4 heteroatoms. The van der Waals surface area contributed by atoms with E-state index < -0.39 is 0 Å². The van der Waals surface area contributed by atoms with E-state index in [9.17, 15) is 0 Å². The molecule has 4 nitrogen and oxygen atoms in total. The summed E-state index contributed by atoms with van der Waals surface area (Å²) >= 11 is 0. The second kappa shape index (κ2) is 6.91. The molecular weight excluding hydrogens is 214 g/mol. The van der Waals surface area contributed by atoms with E-state index in [2.05, 4.69) is 37.3 Å². The van der Waals surface area contributed by atoms with Crippen LogP contribution in [0.4, 0.5) is 6.01 Å². The molecule has 1 N–H and O–H groups in total. The van der Waals surface area contributed by atoms with Crippen LogP contribution in [0.15, 0.2) is 36.0 Å². The second-order valence-electron chi connectivity index (χ2n) is 4.14. The molecular formula is C13H21N3O. The van der Waals surface area contributed by atoms with Gasteiger partial charge in [-0.05, 0) is 0 Å². The van der Waals surface area contributed by atoms with Gasteiger partial charge in [0.15, 0.2) is 0 Å². The maximum Gasteiger partial charge on any atom is 0.298 e. The van der Waals surface area contributed by atoms with Crippen LogP contribution >= 0.6 is 0 Å². The summed E-state index contributed by atoms with van der Waals surface area (Å²) in [7, 11) is 0. The van der Waals surface area contributed by atoms with E-state index in [0.29, 0.717) is 25.1 Å². The van der Waals surface area contributed by atoms with Crippen molar-refractivity contribution < 1.29 is 4.42 Å². The Balaban J connectivity index is 2.63. The van der Waals surface area contributed by atoms with Crippen molar-refractivity contribution in [1.29, 1.82) is 0 Å². The molecule has 0 radical (unpaired) electrons. The van der Waals surface area contributed by atoms with Gasteiger partial charge >= 0.3 is 0 Å². The lowest BCUT2D eigenvalue weighted by Gasteiger charge is -2.15. The van der Waals surface area contributed by atoms with E-state index >= 15 is 0 Å². The minimum absolute atomic E-state index is 0.438. The minimum Gasteiger partial charge on any atom is -0.432 e. The van der Waals surface area contributed by atoms with Gasteiger partial charge in [0, 0.05) is 25.7 Å². The molecule has 17 heavy (non-hydrogen) atoms. The highest BCUT2D eigenvalue weighted by Gasteiger charge is 2.10. The predicted molar refractivity (Wildman–Crippen MR) is 71.1 cm³/mol. The summed E-state index contributed by atoms with van der Waals surface area (Å²) in [6.07, 6.45) is 5.32. The molecule has 0 aliphatic heterocycles. The Morgan fingerprint density at radius 3 is 2.59 bits per heavy atom. The highest BCUT2D eigenvalue weighted by molar-refractivity contribution is 5.29. The summed E-state index contributed by atoms with van der Waals surface area (Å²) in [5.41, 5.74) is 0.909. The lowest BCUT2D eigenvalue weighted by Crippen LogP contribution is -2.24. The van der Waals surface area contributed by atoms with Gasteiger partial charge in [-0.2, -0.15) is 4.98 Å². The van der Waals surface area contributed by atoms with Crippen molar-refractivity contribution in [2.45, 2.75) is 26.4 Å². The molecule has 0 unspecified atom stereocenters. The molecule has 0 aromatic carbocycles. The Morgan fingerprint density at radius 2 is 2.06 bits per heavy atom. The number of rotatable bonds is 8. The lowest BCUT2D eigenvalue weighted by atomic mass is 10.4. The minimum atomic E-state index is 0.438. The first-order chi connectivity index (χ1) is 8.17. The maximum atomic E-state index is 5.44. The zero-order valence-electron chi connectivity index (χ0n) is 10.6. The molecule has 0 aliphatic rings. The van der Waals surface area contributed by atoms with Crippen molar-refractivity contribution in [1.82, 2.24) is 10.3 Å². The van der Waals surface area contributed by atoms with Gasteiger partial charge in [-0.25, -0.2) is 0 Å². The van der Waals surface area contributed by atoms with Gasteiger partial charge in [0.25, 0.3) is 6.01 Å². The van der Waals surface area contributed by atoms with Crippen LogP contribution in [0.5, 0.6) is 0 Å². The highest BCUT2D eigenvalue weighted by Crippen LogP contribution is 2.13. The third kappa shape index (κ3) is 4.44. The first kappa shape index (κ1) is 13.5. The molecule has 0 amide bonds. The van der Waals surface area contributed by atoms with E-state index in [1.807, 2.05) is 17.1 Å². The third-order valence-electron chi connectivity index (χ3n) is 2.20. The average molecular weight is 235 g/mol. The number of hydrogen-bond acceptors (Lipinski definition) is 4. The van der Waals surface area contributed by atoms with Crippen molar-refractivity contribution in [2.24, 2.45) is 0 Å². The molecule has 0 spiro atoms. The predicted octanol–water partition coefficient (Wildman–Crippen LogP) is 2.35. The molecule has 0 aliphatic carbocycles. The van der Waals surface area contributed by atoms with Crippen LogP contribution in [0, 0.1) is 0 Å². The fourth-order valence-electron chi connectivity index (χ4n) is 1.37. The normalized spacial score (nSPS) is 10.5. The molecule has 1 rings (SSSR count). The molecule has 0 saturated heterocycles. The van der Waals surface area contributed by atoms with Crippen molar-refractivity contribution in [3.63, 3.8) is 0 Å². The van der Waals surface area contributed by atoms with Gasteiger partial charge in [-0.1, -0.05) is 26.0 Å². The fraction of sp³-hybridized carbons (Fsp3) is 0.462. The first-order valence-electron chi connectivity index (χ1n) is 5.82. The van der Waals surface area contributed by atoms with E-state index in [1.54, 1.807) is 6.26 Å². The number of aromatic nitrogens is 1. The van der Waals surface area contributed by atoms with Gasteiger partial charge < -0.3 is 14.6 Å². The van der Waals surface area contributed by atoms with Crippen LogP contribution in [0.25, 0.3) is 0 Å². The number of oxazole rings is 1. The van der Waals surface area contributed by atoms with Crippen molar-refractivity contribution in [3.05, 3.63) is 37.3 Å². The lowest BCUT2D eigenvalue weighted by molar-refractivity contribution is 0.541. The largest absolute Gasteiger partial charge is 0.432 e. The van der Waals surface area contributed by atoms with Gasteiger partial charge in [0.2, 0.25) is 0 Å². The van der Waals surface area contributed by atoms with Crippen LogP contribution in [0.2, 0.25) is 0 Å². The molecule has 0 bridgehead atoms. The van der Waals surface area contributed by atoms with Crippen molar-refractivity contribution in [2.75, 3.05) is 18.0 Å². The van der Waals surface area contributed by atoms with E-state index in [0.717, 1.165) is 12.2 Å². The Bertz CT molecular complexity index is 347. The van der Waals surface area contributed by atoms with Crippen molar-refractivity contribution >= 4 is 6.01 Å². The van der Waals surface area contributed by atoms with Crippen LogP contribution < -0.4 is 10.2 Å². The Labute approximate surface area is 103 Å². The third-order valence-corrected chi connectivity index (χ3v) is 2.20. The van der Waals surface area contributed by atoms with Crippen LogP contribution in [-0.2, 0) is 6.54 Å². The summed E-state index contributed by atoms with van der Waals surface area (Å²) in [4.78, 5) is 6.39. The Hall–Kier alpha value is -1.55. The second-order valence-corrected chi connectivity index (χ2v) is 4.14. The summed E-state index contributed by atoms with van der Waals surface area (Å²) in [5.74, 6) is 0. The SMILES string of the molecule is C=CCN(CC=C)c1nc(CNC(C)C)co1. The van der Waals surface area contributed by atoms with E-state index in [1.165, 1.54) is 0 Å². The number of hydrogen-bond donors (Lipinski definition) is 1. The van der Waals surface area contributed by atoms with Crippen molar-refractivity contribution in [3.8, 4) is 0 Å². The van der Waals surface area contributed by atoms with Gasteiger partial charge in [0.05, 0.1) is 5.69 Å². The zero-order valence-corrected chi connectivity index (χ0v) is 10.6. The number of nitrogens with zero attached hydrogens (tertiary/aromatic N) is 2. The van der Waals surface area contributed by atoms with Crippen LogP contribution in [0.1, 0.15) is 19.5 Å². The fourth-order valence-corrected chi connectivity index (χ4v) is 1.37. The molecule has 1 aromatic rings. The molecule has 94 valence electrons. The van der Waals surface area contributed by atoms with E-state index in [4.69, 9.17) is 4.42 Å². The monoisotopic (exact) mass is 235 g/mol. The first-order valence-corrected chi connectivity index (χ1v) is 5.82. The van der Waals surface area contributed by atoms with E-state index in [-0.39, 0.29) is 0 Å². The Kier molecular flexibility index (Phi) is 5.49. The molecule has 0 fully saturated rings. The smallest absolute Gasteiger partial charge is 0.298 e. The standard InChI is InChI=1S/C13H21N3O/c1-5-7-16(8-6-2)13-15-12(10-17-13)9-14-11(3)4/h5-6,10-11,14H,1-2,7-9H2,3-4H3. The van der Waals surface area contributed by atoms with Gasteiger partial charge in [0.1, 0.15) is 6.26 Å². The zero-order chi connectivity index (χ0) is 12.7. The van der Waals surface area contributed by atoms with Crippen LogP contribution in [0.3, 0.4) is 0 Å². The number of anilines is 1. The summed E-state index contributed by atoms with van der Waals surface area (Å²) in [5, 5.41) is 3.30. The number of nitrogens with one attached hydrogen (secondary N) is 1. The van der Waals surface area contributed by atoms with Gasteiger partial charge in [-0.15, -0.1) is 13.2 Å². The molecule has 1 heterocycles. The molecule has 0 atom stereocenters. The van der Waals surface area contributed by atoms with Gasteiger partial charge in [-0.3, -0.25) is 0 Å². The quantitative estimate of drug-likeness (QED) is 0.702. The maximum absolute atomic E-state index is 5.44. The summed E-state index contributed by atoms with van der Waals surface area (Å²) in [6, 6.07) is 1.05. The molecule has 1 aromatic heterocycles. The highest BCUT2D eigenvalue weighted by atomic mass is 16.4. The summed E-state index contributed by atoms with van der Waals surface area (Å²) in [6.45, 7) is 13.7. The van der Waals surface area contributed by atoms with Crippen LogP contribution in [-0.4, -0.2) is 24.1 Å². The summed E-state index contributed by atoms with van der Waals surface area (Å²) < 4.78 is 5.44. The molecule has 0 saturated carbocycles. The Morgan fingerprint density at radius 1 is 1.41 bits per heavy atom. The average Bonchev–Trinajstić information content (AvgIpc) is 2.74.